The average molecular weight is 398 g/mol. The topological polar surface area (TPSA) is 77.4 Å². The van der Waals surface area contributed by atoms with Crippen molar-refractivity contribution in [2.45, 2.75) is 25.9 Å². The van der Waals surface area contributed by atoms with Gasteiger partial charge in [0, 0.05) is 43.9 Å². The SMILES string of the molecule is CCC(=O)c1c(C(F)(F)F)[n+]([O-])c2ccc(N3CCCN(C)CC3)cc2[n+]1[O-]. The summed E-state index contributed by atoms with van der Waals surface area (Å²) in [6.07, 6.45) is -4.56. The van der Waals surface area contributed by atoms with Crippen LogP contribution in [0.15, 0.2) is 18.2 Å². The molecule has 2 aromatic rings. The number of likely N-dealkylation sites (N-methyl/N-ethyl adjacent to an activating group) is 1. The van der Waals surface area contributed by atoms with Crippen molar-refractivity contribution in [3.05, 3.63) is 40.0 Å². The van der Waals surface area contributed by atoms with Crippen molar-refractivity contribution in [2.75, 3.05) is 38.1 Å². The minimum absolute atomic E-state index is 0.0498. The molecule has 1 aliphatic rings. The highest BCUT2D eigenvalue weighted by Crippen LogP contribution is 2.30. The van der Waals surface area contributed by atoms with Gasteiger partial charge in [0.1, 0.15) is 0 Å². The van der Waals surface area contributed by atoms with Crippen LogP contribution >= 0.6 is 0 Å². The molecule has 0 N–H and O–H groups in total. The van der Waals surface area contributed by atoms with Crippen LogP contribution in [-0.2, 0) is 6.18 Å². The van der Waals surface area contributed by atoms with Gasteiger partial charge in [0.05, 0.1) is 0 Å². The number of benzene rings is 1. The maximum Gasteiger partial charge on any atom is 0.486 e. The Balaban J connectivity index is 2.21. The highest BCUT2D eigenvalue weighted by atomic mass is 19.4. The number of alkyl halides is 3. The Kier molecular flexibility index (Phi) is 5.33. The Morgan fingerprint density at radius 1 is 1.11 bits per heavy atom. The smallest absolute Gasteiger partial charge is 0.486 e. The number of halogens is 3. The fourth-order valence-corrected chi connectivity index (χ4v) is 3.44. The van der Waals surface area contributed by atoms with Gasteiger partial charge < -0.3 is 20.2 Å². The zero-order chi connectivity index (χ0) is 20.6. The van der Waals surface area contributed by atoms with Crippen molar-refractivity contribution in [3.8, 4) is 0 Å². The second-order valence-electron chi connectivity index (χ2n) is 6.88. The molecule has 0 saturated carbocycles. The summed E-state index contributed by atoms with van der Waals surface area (Å²) in [5.41, 5.74) is -2.99. The zero-order valence-electron chi connectivity index (χ0n) is 15.6. The molecule has 1 aromatic carbocycles. The zero-order valence-corrected chi connectivity index (χ0v) is 15.6. The number of carbonyl (C=O) groups excluding carboxylic acids is 1. The monoisotopic (exact) mass is 398 g/mol. The van der Waals surface area contributed by atoms with E-state index >= 15 is 0 Å². The molecule has 1 aliphatic heterocycles. The summed E-state index contributed by atoms with van der Waals surface area (Å²) in [5, 5.41) is 25.1. The molecular formula is C18H21F3N4O3. The van der Waals surface area contributed by atoms with Crippen LogP contribution < -0.4 is 14.4 Å². The van der Waals surface area contributed by atoms with Crippen LogP contribution in [0.25, 0.3) is 11.0 Å². The van der Waals surface area contributed by atoms with Crippen LogP contribution in [0.3, 0.4) is 0 Å². The normalized spacial score (nSPS) is 16.4. The van der Waals surface area contributed by atoms with Gasteiger partial charge in [-0.1, -0.05) is 6.92 Å². The summed E-state index contributed by atoms with van der Waals surface area (Å²) in [7, 11) is 2.00. The Hall–Kier alpha value is -2.62. The number of ketones is 1. The molecule has 1 fully saturated rings. The second-order valence-corrected chi connectivity index (χ2v) is 6.88. The number of Topliss-reactive ketones (excluding diaryl/α,β-unsaturated/α-hetero) is 1. The van der Waals surface area contributed by atoms with E-state index in [1.807, 2.05) is 11.9 Å². The first kappa shape index (κ1) is 20.1. The Labute approximate surface area is 159 Å². The number of carbonyl (C=O) groups is 1. The average Bonchev–Trinajstić information content (AvgIpc) is 2.87. The molecule has 0 aliphatic carbocycles. The van der Waals surface area contributed by atoms with E-state index in [2.05, 4.69) is 4.90 Å². The highest BCUT2D eigenvalue weighted by Gasteiger charge is 2.50. The number of hydrogen-bond donors (Lipinski definition) is 0. The maximum atomic E-state index is 13.4. The predicted molar refractivity (Wildman–Crippen MR) is 95.8 cm³/mol. The third-order valence-electron chi connectivity index (χ3n) is 4.97. The van der Waals surface area contributed by atoms with E-state index in [0.717, 1.165) is 19.5 Å². The lowest BCUT2D eigenvalue weighted by atomic mass is 10.1. The summed E-state index contributed by atoms with van der Waals surface area (Å²) in [4.78, 5) is 16.2. The van der Waals surface area contributed by atoms with Crippen molar-refractivity contribution in [3.63, 3.8) is 0 Å². The van der Waals surface area contributed by atoms with E-state index in [4.69, 9.17) is 0 Å². The number of hydrogen-bond acceptors (Lipinski definition) is 5. The first-order valence-electron chi connectivity index (χ1n) is 9.02. The summed E-state index contributed by atoms with van der Waals surface area (Å²) >= 11 is 0. The van der Waals surface area contributed by atoms with E-state index in [0.29, 0.717) is 18.8 Å². The minimum Gasteiger partial charge on any atom is -0.618 e. The van der Waals surface area contributed by atoms with E-state index < -0.39 is 28.9 Å². The lowest BCUT2D eigenvalue weighted by Gasteiger charge is -2.23. The van der Waals surface area contributed by atoms with Gasteiger partial charge in [-0.05, 0) is 26.1 Å². The second kappa shape index (κ2) is 7.42. The maximum absolute atomic E-state index is 13.4. The summed E-state index contributed by atoms with van der Waals surface area (Å²) < 4.78 is 39.9. The lowest BCUT2D eigenvalue weighted by Crippen LogP contribution is -2.50. The molecule has 0 unspecified atom stereocenters. The molecule has 0 bridgehead atoms. The molecule has 1 aromatic heterocycles. The van der Waals surface area contributed by atoms with Crippen molar-refractivity contribution in [1.29, 1.82) is 0 Å². The number of fused-ring (bicyclic) bond motifs is 1. The van der Waals surface area contributed by atoms with Crippen molar-refractivity contribution in [2.24, 2.45) is 0 Å². The first-order chi connectivity index (χ1) is 13.1. The van der Waals surface area contributed by atoms with E-state index in [1.165, 1.54) is 25.1 Å². The molecule has 0 radical (unpaired) electrons. The molecule has 0 spiro atoms. The number of aromatic nitrogens is 2. The van der Waals surface area contributed by atoms with Gasteiger partial charge >= 0.3 is 17.6 Å². The molecule has 0 amide bonds. The highest BCUT2D eigenvalue weighted by molar-refractivity contribution is 5.94. The fraction of sp³-hybridized carbons (Fsp3) is 0.500. The Morgan fingerprint density at radius 2 is 1.82 bits per heavy atom. The summed E-state index contributed by atoms with van der Waals surface area (Å²) in [6, 6.07) is 4.12. The molecule has 7 nitrogen and oxygen atoms in total. The van der Waals surface area contributed by atoms with Crippen LogP contribution in [0, 0.1) is 10.4 Å². The molecule has 28 heavy (non-hydrogen) atoms. The standard InChI is InChI=1S/C18H21F3N4O3/c1-3-15(26)16-17(18(19,20)21)25(28)13-6-5-12(11-14(13)24(16)27)23-8-4-7-22(2)9-10-23/h5-6,11H,3-4,7-10H2,1-2H3. The van der Waals surface area contributed by atoms with Gasteiger partial charge in [0.2, 0.25) is 5.78 Å². The van der Waals surface area contributed by atoms with Gasteiger partial charge in [-0.3, -0.25) is 4.79 Å². The van der Waals surface area contributed by atoms with Gasteiger partial charge in [-0.15, -0.1) is 4.73 Å². The molecule has 3 rings (SSSR count). The number of nitrogens with zero attached hydrogens (tertiary/aromatic N) is 4. The summed E-state index contributed by atoms with van der Waals surface area (Å²) in [5.74, 6) is -1.03. The third-order valence-corrected chi connectivity index (χ3v) is 4.97. The number of rotatable bonds is 3. The van der Waals surface area contributed by atoms with E-state index in [1.54, 1.807) is 0 Å². The molecule has 152 valence electrons. The third kappa shape index (κ3) is 3.56. The Morgan fingerprint density at radius 3 is 2.46 bits per heavy atom. The Bertz CT molecular complexity index is 917. The van der Waals surface area contributed by atoms with Gasteiger partial charge in [-0.25, -0.2) is 0 Å². The molecule has 2 heterocycles. The van der Waals surface area contributed by atoms with Crippen LogP contribution in [0.5, 0.6) is 0 Å². The first-order valence-corrected chi connectivity index (χ1v) is 9.02. The van der Waals surface area contributed by atoms with Crippen molar-refractivity contribution >= 4 is 22.5 Å². The predicted octanol–water partition coefficient (Wildman–Crippen LogP) is 1.86. The van der Waals surface area contributed by atoms with Crippen LogP contribution in [-0.4, -0.2) is 43.9 Å². The molecule has 1 saturated heterocycles. The van der Waals surface area contributed by atoms with Crippen molar-refractivity contribution < 1.29 is 27.4 Å². The fourth-order valence-electron chi connectivity index (χ4n) is 3.44. The quantitative estimate of drug-likeness (QED) is 0.448. The van der Waals surface area contributed by atoms with E-state index in [-0.39, 0.29) is 21.4 Å². The van der Waals surface area contributed by atoms with Crippen LogP contribution in [0.4, 0.5) is 18.9 Å². The van der Waals surface area contributed by atoms with Crippen LogP contribution in [0.1, 0.15) is 35.9 Å². The largest absolute Gasteiger partial charge is 0.618 e. The molecule has 0 atom stereocenters. The molecular weight excluding hydrogens is 377 g/mol. The van der Waals surface area contributed by atoms with Gasteiger partial charge in [-0.2, -0.15) is 17.9 Å². The molecule has 10 heteroatoms. The van der Waals surface area contributed by atoms with Crippen LogP contribution in [0.2, 0.25) is 0 Å². The summed E-state index contributed by atoms with van der Waals surface area (Å²) in [6.45, 7) is 4.44. The van der Waals surface area contributed by atoms with E-state index in [9.17, 15) is 28.4 Å². The lowest BCUT2D eigenvalue weighted by molar-refractivity contribution is -0.647. The minimum atomic E-state index is -5.13. The van der Waals surface area contributed by atoms with Gasteiger partial charge in [0.25, 0.3) is 11.0 Å². The van der Waals surface area contributed by atoms with Gasteiger partial charge in [0.15, 0.2) is 0 Å². The number of anilines is 1. The van der Waals surface area contributed by atoms with Crippen molar-refractivity contribution in [1.82, 2.24) is 4.90 Å².